The summed E-state index contributed by atoms with van der Waals surface area (Å²) in [5, 5.41) is 1.98. The van der Waals surface area contributed by atoms with Gasteiger partial charge in [-0.25, -0.2) is 0 Å². The molecule has 0 amide bonds. The lowest BCUT2D eigenvalue weighted by Gasteiger charge is -2.03. The highest BCUT2D eigenvalue weighted by Crippen LogP contribution is 2.11. The first-order valence-electron chi connectivity index (χ1n) is 5.71. The molecule has 0 atom stereocenters. The quantitative estimate of drug-likeness (QED) is 0.562. The highest BCUT2D eigenvalue weighted by atomic mass is 32.1. The number of ether oxygens (including phenoxy) is 1. The Morgan fingerprint density at radius 3 is 2.81 bits per heavy atom. The SMILES string of the molecule is NCCCCCCC(=O)OCc1cccs1. The normalized spacial score (nSPS) is 10.3. The van der Waals surface area contributed by atoms with Crippen LogP contribution >= 0.6 is 11.3 Å². The molecule has 0 aliphatic heterocycles. The average Bonchev–Trinajstić information content (AvgIpc) is 2.79. The molecule has 0 fully saturated rings. The van der Waals surface area contributed by atoms with Crippen molar-refractivity contribution in [2.75, 3.05) is 6.54 Å². The van der Waals surface area contributed by atoms with Crippen LogP contribution in [0.4, 0.5) is 0 Å². The van der Waals surface area contributed by atoms with Crippen molar-refractivity contribution >= 4 is 17.3 Å². The molecule has 1 heterocycles. The number of esters is 1. The van der Waals surface area contributed by atoms with E-state index in [9.17, 15) is 4.79 Å². The number of hydrogen-bond donors (Lipinski definition) is 1. The smallest absolute Gasteiger partial charge is 0.306 e. The number of rotatable bonds is 8. The van der Waals surface area contributed by atoms with Crippen molar-refractivity contribution < 1.29 is 9.53 Å². The van der Waals surface area contributed by atoms with Crippen molar-refractivity contribution in [1.82, 2.24) is 0 Å². The minimum atomic E-state index is -0.0962. The summed E-state index contributed by atoms with van der Waals surface area (Å²) in [6.45, 7) is 1.15. The summed E-state index contributed by atoms with van der Waals surface area (Å²) in [5.41, 5.74) is 5.38. The van der Waals surface area contributed by atoms with Crippen molar-refractivity contribution in [1.29, 1.82) is 0 Å². The standard InChI is InChI=1S/C12H19NO2S/c13-8-4-2-1-3-7-12(14)15-10-11-6-5-9-16-11/h5-6,9H,1-4,7-8,10,13H2. The van der Waals surface area contributed by atoms with Crippen molar-refractivity contribution in [2.45, 2.75) is 38.7 Å². The Bertz CT molecular complexity index is 285. The van der Waals surface area contributed by atoms with Crippen molar-refractivity contribution in [2.24, 2.45) is 5.73 Å². The molecule has 0 aliphatic carbocycles. The third-order valence-corrected chi connectivity index (χ3v) is 3.14. The molecule has 1 rings (SSSR count). The van der Waals surface area contributed by atoms with Gasteiger partial charge in [-0.2, -0.15) is 0 Å². The van der Waals surface area contributed by atoms with Gasteiger partial charge in [0.1, 0.15) is 6.61 Å². The Morgan fingerprint density at radius 2 is 2.12 bits per heavy atom. The van der Waals surface area contributed by atoms with Crippen molar-refractivity contribution in [3.63, 3.8) is 0 Å². The molecule has 90 valence electrons. The largest absolute Gasteiger partial charge is 0.460 e. The number of unbranched alkanes of at least 4 members (excludes halogenated alkanes) is 3. The topological polar surface area (TPSA) is 52.3 Å². The second kappa shape index (κ2) is 8.30. The Labute approximate surface area is 101 Å². The van der Waals surface area contributed by atoms with Gasteiger partial charge in [0.2, 0.25) is 0 Å². The zero-order valence-electron chi connectivity index (χ0n) is 9.48. The number of carbonyl (C=O) groups is 1. The van der Waals surface area contributed by atoms with Gasteiger partial charge in [0, 0.05) is 11.3 Å². The summed E-state index contributed by atoms with van der Waals surface area (Å²) in [4.78, 5) is 12.4. The fraction of sp³-hybridized carbons (Fsp3) is 0.583. The van der Waals surface area contributed by atoms with E-state index in [0.29, 0.717) is 13.0 Å². The second-order valence-electron chi connectivity index (χ2n) is 3.69. The molecule has 0 saturated carbocycles. The van der Waals surface area contributed by atoms with Crippen LogP contribution in [-0.4, -0.2) is 12.5 Å². The molecule has 0 spiro atoms. The maximum Gasteiger partial charge on any atom is 0.306 e. The predicted octanol–water partition coefficient (Wildman–Crippen LogP) is 2.70. The van der Waals surface area contributed by atoms with Gasteiger partial charge in [0.05, 0.1) is 0 Å². The Hall–Kier alpha value is -0.870. The van der Waals surface area contributed by atoms with Gasteiger partial charge < -0.3 is 10.5 Å². The first-order chi connectivity index (χ1) is 7.83. The fourth-order valence-corrected chi connectivity index (χ4v) is 2.00. The molecular weight excluding hydrogens is 222 g/mol. The van der Waals surface area contributed by atoms with Crippen LogP contribution < -0.4 is 5.73 Å². The summed E-state index contributed by atoms with van der Waals surface area (Å²) in [6.07, 6.45) is 4.64. The van der Waals surface area contributed by atoms with Gasteiger partial charge in [-0.05, 0) is 30.8 Å². The van der Waals surface area contributed by atoms with E-state index in [0.717, 1.165) is 37.1 Å². The molecule has 3 nitrogen and oxygen atoms in total. The lowest BCUT2D eigenvalue weighted by atomic mass is 10.1. The van der Waals surface area contributed by atoms with Crippen molar-refractivity contribution in [3.8, 4) is 0 Å². The summed E-state index contributed by atoms with van der Waals surface area (Å²) < 4.78 is 5.14. The number of hydrogen-bond acceptors (Lipinski definition) is 4. The van der Waals surface area contributed by atoms with Gasteiger partial charge >= 0.3 is 5.97 Å². The van der Waals surface area contributed by atoms with E-state index >= 15 is 0 Å². The maximum absolute atomic E-state index is 11.3. The Balaban J connectivity index is 1.99. The van der Waals surface area contributed by atoms with E-state index in [4.69, 9.17) is 10.5 Å². The highest BCUT2D eigenvalue weighted by molar-refractivity contribution is 7.09. The maximum atomic E-state index is 11.3. The molecule has 1 aromatic rings. The lowest BCUT2D eigenvalue weighted by Crippen LogP contribution is -2.04. The average molecular weight is 241 g/mol. The number of carbonyl (C=O) groups excluding carboxylic acids is 1. The predicted molar refractivity (Wildman–Crippen MR) is 66.3 cm³/mol. The van der Waals surface area contributed by atoms with Gasteiger partial charge in [-0.3, -0.25) is 4.79 Å². The van der Waals surface area contributed by atoms with E-state index in [-0.39, 0.29) is 5.97 Å². The van der Waals surface area contributed by atoms with E-state index in [1.54, 1.807) is 11.3 Å². The van der Waals surface area contributed by atoms with Crippen LogP contribution in [-0.2, 0) is 16.1 Å². The number of thiophene rings is 1. The third kappa shape index (κ3) is 5.88. The molecule has 0 bridgehead atoms. The first kappa shape index (κ1) is 13.2. The molecule has 2 N–H and O–H groups in total. The molecular formula is C12H19NO2S. The minimum absolute atomic E-state index is 0.0962. The summed E-state index contributed by atoms with van der Waals surface area (Å²) in [6, 6.07) is 3.93. The molecule has 0 saturated heterocycles. The van der Waals surface area contributed by atoms with Gasteiger partial charge in [-0.15, -0.1) is 11.3 Å². The fourth-order valence-electron chi connectivity index (χ4n) is 1.39. The molecule has 0 aliphatic rings. The van der Waals surface area contributed by atoms with Crippen LogP contribution in [0.3, 0.4) is 0 Å². The Morgan fingerprint density at radius 1 is 1.31 bits per heavy atom. The van der Waals surface area contributed by atoms with Crippen LogP contribution in [0.5, 0.6) is 0 Å². The van der Waals surface area contributed by atoms with Gasteiger partial charge in [0.15, 0.2) is 0 Å². The van der Waals surface area contributed by atoms with E-state index in [2.05, 4.69) is 0 Å². The van der Waals surface area contributed by atoms with Crippen LogP contribution in [0, 0.1) is 0 Å². The minimum Gasteiger partial charge on any atom is -0.460 e. The third-order valence-electron chi connectivity index (χ3n) is 2.29. The van der Waals surface area contributed by atoms with Crippen LogP contribution in [0.1, 0.15) is 37.0 Å². The second-order valence-corrected chi connectivity index (χ2v) is 4.73. The van der Waals surface area contributed by atoms with Crippen molar-refractivity contribution in [3.05, 3.63) is 22.4 Å². The number of nitrogens with two attached hydrogens (primary N) is 1. The monoisotopic (exact) mass is 241 g/mol. The highest BCUT2D eigenvalue weighted by Gasteiger charge is 2.03. The van der Waals surface area contributed by atoms with E-state index < -0.39 is 0 Å². The Kier molecular flexibility index (Phi) is 6.85. The zero-order chi connectivity index (χ0) is 11.6. The van der Waals surface area contributed by atoms with Crippen LogP contribution in [0.15, 0.2) is 17.5 Å². The zero-order valence-corrected chi connectivity index (χ0v) is 10.3. The summed E-state index contributed by atoms with van der Waals surface area (Å²) in [7, 11) is 0. The molecule has 16 heavy (non-hydrogen) atoms. The molecule has 0 radical (unpaired) electrons. The molecule has 1 aromatic heterocycles. The first-order valence-corrected chi connectivity index (χ1v) is 6.59. The van der Waals surface area contributed by atoms with Crippen LogP contribution in [0.25, 0.3) is 0 Å². The molecule has 0 aromatic carbocycles. The van der Waals surface area contributed by atoms with E-state index in [1.807, 2.05) is 17.5 Å². The summed E-state index contributed by atoms with van der Waals surface area (Å²) >= 11 is 1.61. The molecule has 0 unspecified atom stereocenters. The van der Waals surface area contributed by atoms with Gasteiger partial charge in [-0.1, -0.05) is 18.9 Å². The molecule has 4 heteroatoms. The van der Waals surface area contributed by atoms with Gasteiger partial charge in [0.25, 0.3) is 0 Å². The lowest BCUT2D eigenvalue weighted by molar-refractivity contribution is -0.145. The van der Waals surface area contributed by atoms with Crippen LogP contribution in [0.2, 0.25) is 0 Å². The van der Waals surface area contributed by atoms with E-state index in [1.165, 1.54) is 0 Å². The summed E-state index contributed by atoms with van der Waals surface area (Å²) in [5.74, 6) is -0.0962.